The van der Waals surface area contributed by atoms with E-state index in [1.54, 1.807) is 0 Å². The van der Waals surface area contributed by atoms with Gasteiger partial charge in [-0.1, -0.05) is 19.8 Å². The summed E-state index contributed by atoms with van der Waals surface area (Å²) >= 11 is 0. The lowest BCUT2D eigenvalue weighted by atomic mass is 9.94. The van der Waals surface area contributed by atoms with Gasteiger partial charge in [0.1, 0.15) is 0 Å². The van der Waals surface area contributed by atoms with Gasteiger partial charge in [0.05, 0.1) is 5.92 Å². The maximum atomic E-state index is 11.2. The van der Waals surface area contributed by atoms with Crippen molar-refractivity contribution in [2.75, 3.05) is 26.2 Å². The van der Waals surface area contributed by atoms with E-state index < -0.39 is 5.97 Å². The molecule has 2 aliphatic rings. The van der Waals surface area contributed by atoms with Crippen molar-refractivity contribution < 1.29 is 9.90 Å². The summed E-state index contributed by atoms with van der Waals surface area (Å²) in [5, 5.41) is 12.8. The lowest BCUT2D eigenvalue weighted by Crippen LogP contribution is -2.51. The van der Waals surface area contributed by atoms with Crippen molar-refractivity contribution in [1.82, 2.24) is 10.2 Å². The summed E-state index contributed by atoms with van der Waals surface area (Å²) in [6, 6.07) is 0.361. The van der Waals surface area contributed by atoms with E-state index in [0.29, 0.717) is 12.6 Å². The van der Waals surface area contributed by atoms with E-state index in [4.69, 9.17) is 0 Å². The number of piperidine rings is 1. The lowest BCUT2D eigenvalue weighted by molar-refractivity contribution is -0.144. The zero-order valence-electron chi connectivity index (χ0n) is 11.4. The zero-order valence-corrected chi connectivity index (χ0v) is 11.4. The molecular formula is C14H26N2O2. The molecule has 2 atom stereocenters. The van der Waals surface area contributed by atoms with Crippen LogP contribution in [0, 0.1) is 11.8 Å². The normalized spacial score (nSPS) is 30.7. The second-order valence-electron chi connectivity index (χ2n) is 5.88. The fourth-order valence-corrected chi connectivity index (χ4v) is 3.32. The summed E-state index contributed by atoms with van der Waals surface area (Å²) in [5.41, 5.74) is 0. The second kappa shape index (κ2) is 6.53. The van der Waals surface area contributed by atoms with Crippen LogP contribution in [0.5, 0.6) is 0 Å². The highest BCUT2D eigenvalue weighted by Crippen LogP contribution is 2.24. The molecule has 4 nitrogen and oxygen atoms in total. The number of carbonyl (C=O) groups is 1. The number of likely N-dealkylation sites (tertiary alicyclic amines) is 1. The first kappa shape index (κ1) is 13.8. The van der Waals surface area contributed by atoms with Gasteiger partial charge in [-0.25, -0.2) is 0 Å². The largest absolute Gasteiger partial charge is 0.481 e. The minimum atomic E-state index is -0.638. The Morgan fingerprint density at radius 1 is 1.33 bits per heavy atom. The minimum Gasteiger partial charge on any atom is -0.481 e. The second-order valence-corrected chi connectivity index (χ2v) is 5.88. The fourth-order valence-electron chi connectivity index (χ4n) is 3.32. The Hall–Kier alpha value is -0.610. The molecule has 0 spiro atoms. The third kappa shape index (κ3) is 3.69. The molecule has 2 fully saturated rings. The molecule has 1 heterocycles. The van der Waals surface area contributed by atoms with Crippen LogP contribution in [0.3, 0.4) is 0 Å². The van der Waals surface area contributed by atoms with Crippen molar-refractivity contribution in [2.24, 2.45) is 11.8 Å². The van der Waals surface area contributed by atoms with Crippen molar-refractivity contribution in [3.8, 4) is 0 Å². The van der Waals surface area contributed by atoms with E-state index >= 15 is 0 Å². The maximum absolute atomic E-state index is 11.2. The Morgan fingerprint density at radius 2 is 2.06 bits per heavy atom. The molecule has 0 radical (unpaired) electrons. The first-order valence-electron chi connectivity index (χ1n) is 7.37. The van der Waals surface area contributed by atoms with Crippen molar-refractivity contribution >= 4 is 5.97 Å². The van der Waals surface area contributed by atoms with Crippen LogP contribution in [0.1, 0.15) is 39.0 Å². The summed E-state index contributed by atoms with van der Waals surface area (Å²) in [7, 11) is 0. The molecule has 0 aromatic carbocycles. The molecular weight excluding hydrogens is 228 g/mol. The highest BCUT2D eigenvalue weighted by atomic mass is 16.4. The van der Waals surface area contributed by atoms with Gasteiger partial charge < -0.3 is 15.3 Å². The summed E-state index contributed by atoms with van der Waals surface area (Å²) < 4.78 is 0. The maximum Gasteiger partial charge on any atom is 0.307 e. The molecule has 0 aromatic rings. The van der Waals surface area contributed by atoms with Crippen LogP contribution in [-0.2, 0) is 4.79 Å². The van der Waals surface area contributed by atoms with E-state index in [1.165, 1.54) is 25.7 Å². The number of aliphatic carboxylic acids is 1. The highest BCUT2D eigenvalue weighted by Gasteiger charge is 2.31. The van der Waals surface area contributed by atoms with Crippen molar-refractivity contribution in [2.45, 2.75) is 45.1 Å². The number of rotatable bonds is 5. The topological polar surface area (TPSA) is 52.6 Å². The van der Waals surface area contributed by atoms with Crippen molar-refractivity contribution in [1.29, 1.82) is 0 Å². The summed E-state index contributed by atoms with van der Waals surface area (Å²) in [5.74, 6) is -0.00845. The number of likely N-dealkylation sites (N-methyl/N-ethyl adjacent to an activating group) is 1. The Labute approximate surface area is 110 Å². The number of carboxylic acids is 1. The SMILES string of the molecule is CCN1CC(NCC2CCCC2)CC(C(=O)O)C1. The molecule has 2 N–H and O–H groups in total. The van der Waals surface area contributed by atoms with Crippen molar-refractivity contribution in [3.05, 3.63) is 0 Å². The van der Waals surface area contributed by atoms with Gasteiger partial charge in [-0.2, -0.15) is 0 Å². The van der Waals surface area contributed by atoms with Crippen LogP contribution in [-0.4, -0.2) is 48.2 Å². The smallest absolute Gasteiger partial charge is 0.307 e. The van der Waals surface area contributed by atoms with Crippen LogP contribution in [0.2, 0.25) is 0 Å². The number of nitrogens with zero attached hydrogens (tertiary/aromatic N) is 1. The first-order valence-corrected chi connectivity index (χ1v) is 7.37. The van der Waals surface area contributed by atoms with Gasteiger partial charge in [-0.05, 0) is 38.3 Å². The Balaban J connectivity index is 1.80. The number of carboxylic acid groups (broad SMARTS) is 1. The number of nitrogens with one attached hydrogen (secondary N) is 1. The van der Waals surface area contributed by atoms with Crippen LogP contribution in [0.4, 0.5) is 0 Å². The average Bonchev–Trinajstić information content (AvgIpc) is 2.89. The third-order valence-electron chi connectivity index (χ3n) is 4.49. The number of hydrogen-bond donors (Lipinski definition) is 2. The Morgan fingerprint density at radius 3 is 2.67 bits per heavy atom. The zero-order chi connectivity index (χ0) is 13.0. The molecule has 2 unspecified atom stereocenters. The first-order chi connectivity index (χ1) is 8.69. The molecule has 0 bridgehead atoms. The van der Waals surface area contributed by atoms with E-state index in [1.807, 2.05) is 0 Å². The minimum absolute atomic E-state index is 0.195. The Kier molecular flexibility index (Phi) is 5.01. The standard InChI is InChI=1S/C14H26N2O2/c1-2-16-9-12(14(17)18)7-13(10-16)15-8-11-5-3-4-6-11/h11-13,15H,2-10H2,1H3,(H,17,18). The van der Waals surface area contributed by atoms with E-state index in [0.717, 1.165) is 32.0 Å². The number of hydrogen-bond acceptors (Lipinski definition) is 3. The predicted molar refractivity (Wildman–Crippen MR) is 71.6 cm³/mol. The third-order valence-corrected chi connectivity index (χ3v) is 4.49. The van der Waals surface area contributed by atoms with Gasteiger partial charge >= 0.3 is 5.97 Å². The predicted octanol–water partition coefficient (Wildman–Crippen LogP) is 1.56. The molecule has 1 saturated carbocycles. The fraction of sp³-hybridized carbons (Fsp3) is 0.929. The van der Waals surface area contributed by atoms with Crippen LogP contribution in [0.15, 0.2) is 0 Å². The van der Waals surface area contributed by atoms with Crippen LogP contribution in [0.25, 0.3) is 0 Å². The van der Waals surface area contributed by atoms with Gasteiger partial charge in [0, 0.05) is 19.1 Å². The van der Waals surface area contributed by atoms with Gasteiger partial charge in [0.25, 0.3) is 0 Å². The molecule has 1 aliphatic carbocycles. The molecule has 4 heteroatoms. The molecule has 0 amide bonds. The van der Waals surface area contributed by atoms with Gasteiger partial charge in [0.2, 0.25) is 0 Å². The van der Waals surface area contributed by atoms with Crippen molar-refractivity contribution in [3.63, 3.8) is 0 Å². The monoisotopic (exact) mass is 254 g/mol. The Bertz CT molecular complexity index is 277. The van der Waals surface area contributed by atoms with E-state index in [9.17, 15) is 9.90 Å². The van der Waals surface area contributed by atoms with Gasteiger partial charge in [-0.3, -0.25) is 4.79 Å². The van der Waals surface area contributed by atoms with Crippen LogP contribution >= 0.6 is 0 Å². The van der Waals surface area contributed by atoms with Gasteiger partial charge in [0.15, 0.2) is 0 Å². The molecule has 2 rings (SSSR count). The lowest BCUT2D eigenvalue weighted by Gasteiger charge is -2.36. The van der Waals surface area contributed by atoms with Crippen LogP contribution < -0.4 is 5.32 Å². The highest BCUT2D eigenvalue weighted by molar-refractivity contribution is 5.70. The molecule has 1 aliphatic heterocycles. The van der Waals surface area contributed by atoms with Gasteiger partial charge in [-0.15, -0.1) is 0 Å². The summed E-state index contributed by atoms with van der Waals surface area (Å²) in [6.45, 7) is 5.86. The van der Waals surface area contributed by atoms with E-state index in [-0.39, 0.29) is 5.92 Å². The molecule has 1 saturated heterocycles. The molecule has 18 heavy (non-hydrogen) atoms. The summed E-state index contributed by atoms with van der Waals surface area (Å²) in [4.78, 5) is 13.4. The summed E-state index contributed by atoms with van der Waals surface area (Å²) in [6.07, 6.45) is 6.23. The quantitative estimate of drug-likeness (QED) is 0.782. The average molecular weight is 254 g/mol. The molecule has 0 aromatic heterocycles. The molecule has 104 valence electrons. The van der Waals surface area contributed by atoms with E-state index in [2.05, 4.69) is 17.1 Å².